The van der Waals surface area contributed by atoms with Gasteiger partial charge in [0.1, 0.15) is 11.5 Å². The fourth-order valence-electron chi connectivity index (χ4n) is 1.98. The topological polar surface area (TPSA) is 64.6 Å². The summed E-state index contributed by atoms with van der Waals surface area (Å²) in [5, 5.41) is 2.05. The van der Waals surface area contributed by atoms with E-state index >= 15 is 0 Å². The van der Waals surface area contributed by atoms with E-state index in [1.165, 1.54) is 6.08 Å². The van der Waals surface area contributed by atoms with Crippen LogP contribution in [0.5, 0.6) is 11.5 Å². The maximum Gasteiger partial charge on any atom is 0.419 e. The van der Waals surface area contributed by atoms with Gasteiger partial charge in [0.15, 0.2) is 5.76 Å². The van der Waals surface area contributed by atoms with Crippen LogP contribution < -0.4 is 10.1 Å². The van der Waals surface area contributed by atoms with Crippen molar-refractivity contribution in [3.63, 3.8) is 0 Å². The van der Waals surface area contributed by atoms with E-state index < -0.39 is 12.0 Å². The van der Waals surface area contributed by atoms with Gasteiger partial charge in [-0.3, -0.25) is 10.1 Å². The second-order valence-electron chi connectivity index (χ2n) is 4.84. The quantitative estimate of drug-likeness (QED) is 0.881. The predicted molar refractivity (Wildman–Crippen MR) is 80.3 cm³/mol. The lowest BCUT2D eigenvalue weighted by Gasteiger charge is -2.06. The van der Waals surface area contributed by atoms with Crippen molar-refractivity contribution in [2.24, 2.45) is 0 Å². The van der Waals surface area contributed by atoms with Gasteiger partial charge in [-0.05, 0) is 42.8 Å². The Kier molecular flexibility index (Phi) is 3.62. The van der Waals surface area contributed by atoms with Crippen molar-refractivity contribution in [3.05, 3.63) is 65.4 Å². The van der Waals surface area contributed by atoms with E-state index in [0.29, 0.717) is 11.3 Å². The smallest absolute Gasteiger partial charge is 0.419 e. The van der Waals surface area contributed by atoms with E-state index in [1.54, 1.807) is 18.2 Å². The molecule has 5 nitrogen and oxygen atoms in total. The van der Waals surface area contributed by atoms with Gasteiger partial charge >= 0.3 is 6.09 Å². The van der Waals surface area contributed by atoms with Crippen molar-refractivity contribution < 1.29 is 19.1 Å². The molecule has 22 heavy (non-hydrogen) atoms. The Morgan fingerprint density at radius 1 is 1.05 bits per heavy atom. The van der Waals surface area contributed by atoms with Gasteiger partial charge in [-0.2, -0.15) is 0 Å². The van der Waals surface area contributed by atoms with Crippen LogP contribution in [0.15, 0.2) is 54.3 Å². The standard InChI is InChI=1S/C17H13NO4/c1-11-5-7-13(8-6-11)21-14-4-2-3-12(9-14)10-15-16(19)18-17(20)22-15/h2-10H,1H3,(H,18,19,20). The minimum atomic E-state index is -0.761. The van der Waals surface area contributed by atoms with Gasteiger partial charge in [0.2, 0.25) is 0 Å². The summed E-state index contributed by atoms with van der Waals surface area (Å²) < 4.78 is 10.5. The molecule has 0 saturated carbocycles. The van der Waals surface area contributed by atoms with Crippen LogP contribution in [0.4, 0.5) is 4.79 Å². The number of amides is 2. The molecule has 0 radical (unpaired) electrons. The van der Waals surface area contributed by atoms with E-state index in [1.807, 2.05) is 42.6 Å². The van der Waals surface area contributed by atoms with Gasteiger partial charge in [0.05, 0.1) is 0 Å². The van der Waals surface area contributed by atoms with Gasteiger partial charge in [-0.25, -0.2) is 4.79 Å². The molecule has 0 aromatic heterocycles. The number of cyclic esters (lactones) is 1. The van der Waals surface area contributed by atoms with Crippen molar-refractivity contribution in [1.82, 2.24) is 5.32 Å². The average Bonchev–Trinajstić information content (AvgIpc) is 2.80. The Balaban J connectivity index is 1.81. The first-order valence-electron chi connectivity index (χ1n) is 6.69. The van der Waals surface area contributed by atoms with Crippen LogP contribution in [0.25, 0.3) is 6.08 Å². The van der Waals surface area contributed by atoms with E-state index in [0.717, 1.165) is 11.3 Å². The molecule has 1 N–H and O–H groups in total. The monoisotopic (exact) mass is 295 g/mol. The lowest BCUT2D eigenvalue weighted by molar-refractivity contribution is -0.116. The molecule has 0 atom stereocenters. The summed E-state index contributed by atoms with van der Waals surface area (Å²) in [6.45, 7) is 2.00. The molecule has 110 valence electrons. The van der Waals surface area contributed by atoms with Gasteiger partial charge in [-0.15, -0.1) is 0 Å². The number of benzene rings is 2. The molecular weight excluding hydrogens is 282 g/mol. The number of rotatable bonds is 3. The van der Waals surface area contributed by atoms with Gasteiger partial charge in [0.25, 0.3) is 5.91 Å². The highest BCUT2D eigenvalue weighted by Crippen LogP contribution is 2.24. The Labute approximate surface area is 127 Å². The first-order valence-corrected chi connectivity index (χ1v) is 6.69. The molecule has 1 heterocycles. The number of hydrogen-bond acceptors (Lipinski definition) is 4. The molecule has 2 amide bonds. The minimum absolute atomic E-state index is 0.0301. The molecule has 1 saturated heterocycles. The van der Waals surface area contributed by atoms with Gasteiger partial charge in [0, 0.05) is 0 Å². The summed E-state index contributed by atoms with van der Waals surface area (Å²) in [5.74, 6) is 0.774. The van der Waals surface area contributed by atoms with Crippen LogP contribution in [0.3, 0.4) is 0 Å². The molecule has 2 aromatic carbocycles. The number of aryl methyl sites for hydroxylation is 1. The summed E-state index contributed by atoms with van der Waals surface area (Å²) in [6.07, 6.45) is 0.728. The Bertz CT molecular complexity index is 762. The molecule has 0 bridgehead atoms. The first kappa shape index (κ1) is 13.9. The maximum absolute atomic E-state index is 11.4. The van der Waals surface area contributed by atoms with Crippen LogP contribution in [-0.2, 0) is 9.53 Å². The number of carbonyl (C=O) groups is 2. The highest BCUT2D eigenvalue weighted by atomic mass is 16.6. The lowest BCUT2D eigenvalue weighted by Crippen LogP contribution is -2.18. The van der Waals surface area contributed by atoms with Gasteiger partial charge in [-0.1, -0.05) is 29.8 Å². The molecule has 1 aliphatic rings. The molecule has 0 aliphatic carbocycles. The minimum Gasteiger partial charge on any atom is -0.457 e. The van der Waals surface area contributed by atoms with Crippen molar-refractivity contribution >= 4 is 18.1 Å². The third-order valence-electron chi connectivity index (χ3n) is 3.05. The van der Waals surface area contributed by atoms with Crippen LogP contribution in [0.2, 0.25) is 0 Å². The summed E-state index contributed by atoms with van der Waals surface area (Å²) in [4.78, 5) is 22.4. The van der Waals surface area contributed by atoms with Crippen molar-refractivity contribution in [2.75, 3.05) is 0 Å². The third kappa shape index (κ3) is 3.15. The Hall–Kier alpha value is -3.08. The predicted octanol–water partition coefficient (Wildman–Crippen LogP) is 3.39. The zero-order valence-electron chi connectivity index (χ0n) is 11.8. The summed E-state index contributed by atoms with van der Waals surface area (Å²) in [7, 11) is 0. The summed E-state index contributed by atoms with van der Waals surface area (Å²) in [6, 6.07) is 14.8. The largest absolute Gasteiger partial charge is 0.457 e. The lowest BCUT2D eigenvalue weighted by atomic mass is 10.2. The SMILES string of the molecule is Cc1ccc(Oc2cccc(C=C3OC(=O)NC3=O)c2)cc1. The zero-order chi connectivity index (χ0) is 15.5. The highest BCUT2D eigenvalue weighted by molar-refractivity contribution is 6.09. The van der Waals surface area contributed by atoms with Crippen LogP contribution in [0.1, 0.15) is 11.1 Å². The van der Waals surface area contributed by atoms with Gasteiger partial charge < -0.3 is 9.47 Å². The maximum atomic E-state index is 11.4. The van der Waals surface area contributed by atoms with Crippen LogP contribution in [0, 0.1) is 6.92 Å². The summed E-state index contributed by atoms with van der Waals surface area (Å²) >= 11 is 0. The van der Waals surface area contributed by atoms with E-state index in [4.69, 9.17) is 9.47 Å². The molecule has 3 rings (SSSR count). The molecule has 5 heteroatoms. The fraction of sp³-hybridized carbons (Fsp3) is 0.0588. The van der Waals surface area contributed by atoms with Crippen molar-refractivity contribution in [1.29, 1.82) is 0 Å². The molecular formula is C17H13NO4. The summed E-state index contributed by atoms with van der Waals surface area (Å²) in [5.41, 5.74) is 1.85. The third-order valence-corrected chi connectivity index (χ3v) is 3.05. The zero-order valence-corrected chi connectivity index (χ0v) is 11.8. The number of alkyl carbamates (subject to hydrolysis) is 1. The number of nitrogens with one attached hydrogen (secondary N) is 1. The second kappa shape index (κ2) is 5.73. The Morgan fingerprint density at radius 3 is 2.50 bits per heavy atom. The molecule has 2 aromatic rings. The van der Waals surface area contributed by atoms with E-state index in [2.05, 4.69) is 0 Å². The molecule has 1 fully saturated rings. The molecule has 1 aliphatic heterocycles. The number of ether oxygens (including phenoxy) is 2. The van der Waals surface area contributed by atoms with E-state index in [9.17, 15) is 9.59 Å². The highest BCUT2D eigenvalue weighted by Gasteiger charge is 2.25. The average molecular weight is 295 g/mol. The normalized spacial score (nSPS) is 15.6. The Morgan fingerprint density at radius 2 is 1.82 bits per heavy atom. The fourth-order valence-corrected chi connectivity index (χ4v) is 1.98. The second-order valence-corrected chi connectivity index (χ2v) is 4.84. The van der Waals surface area contributed by atoms with Crippen molar-refractivity contribution in [2.45, 2.75) is 6.92 Å². The van der Waals surface area contributed by atoms with Crippen LogP contribution >= 0.6 is 0 Å². The first-order chi connectivity index (χ1) is 10.6. The van der Waals surface area contributed by atoms with Crippen LogP contribution in [-0.4, -0.2) is 12.0 Å². The number of carbonyl (C=O) groups excluding carboxylic acids is 2. The molecule has 0 spiro atoms. The number of hydrogen-bond donors (Lipinski definition) is 1. The van der Waals surface area contributed by atoms with E-state index in [-0.39, 0.29) is 5.76 Å². The van der Waals surface area contributed by atoms with Crippen molar-refractivity contribution in [3.8, 4) is 11.5 Å². The molecule has 0 unspecified atom stereocenters. The number of imide groups is 1.